The predicted molar refractivity (Wildman–Crippen MR) is 98.3 cm³/mol. The minimum atomic E-state index is 0.364. The molecule has 2 aromatic heterocycles. The third-order valence-corrected chi connectivity index (χ3v) is 6.14. The van der Waals surface area contributed by atoms with Gasteiger partial charge in [-0.15, -0.1) is 10.2 Å². The van der Waals surface area contributed by atoms with E-state index in [9.17, 15) is 0 Å². The molecule has 0 radical (unpaired) electrons. The highest BCUT2D eigenvalue weighted by Gasteiger charge is 2.41. The van der Waals surface area contributed by atoms with E-state index in [2.05, 4.69) is 36.9 Å². The molecule has 0 spiro atoms. The van der Waals surface area contributed by atoms with Crippen molar-refractivity contribution < 1.29 is 9.15 Å². The summed E-state index contributed by atoms with van der Waals surface area (Å²) in [5, 5.41) is 8.59. The van der Waals surface area contributed by atoms with Crippen molar-refractivity contribution >= 4 is 5.82 Å². The van der Waals surface area contributed by atoms with Crippen molar-refractivity contribution in [2.24, 2.45) is 11.8 Å². The summed E-state index contributed by atoms with van der Waals surface area (Å²) in [5.41, 5.74) is 1.15. The van der Waals surface area contributed by atoms with Gasteiger partial charge in [-0.2, -0.15) is 0 Å². The first kappa shape index (κ1) is 17.1. The average molecular weight is 370 g/mol. The largest absolute Gasteiger partial charge is 0.424 e. The number of hydrogen-bond acceptors (Lipinski definition) is 8. The number of rotatable bonds is 4. The first-order chi connectivity index (χ1) is 13.3. The van der Waals surface area contributed by atoms with Gasteiger partial charge >= 0.3 is 0 Å². The normalized spacial score (nSPS) is 26.6. The van der Waals surface area contributed by atoms with Crippen molar-refractivity contribution in [2.75, 3.05) is 44.3 Å². The van der Waals surface area contributed by atoms with Gasteiger partial charge in [0.15, 0.2) is 0 Å². The van der Waals surface area contributed by atoms with E-state index in [0.29, 0.717) is 17.8 Å². The molecule has 2 unspecified atom stereocenters. The van der Waals surface area contributed by atoms with Crippen LogP contribution < -0.4 is 4.90 Å². The van der Waals surface area contributed by atoms with E-state index < -0.39 is 0 Å². The fraction of sp³-hybridized carbons (Fsp3) is 0.684. The van der Waals surface area contributed by atoms with E-state index in [0.717, 1.165) is 81.9 Å². The highest BCUT2D eigenvalue weighted by atomic mass is 16.5. The van der Waals surface area contributed by atoms with Crippen LogP contribution in [-0.4, -0.2) is 64.5 Å². The van der Waals surface area contributed by atoms with Crippen LogP contribution in [0.15, 0.2) is 16.9 Å². The van der Waals surface area contributed by atoms with Crippen LogP contribution in [0.25, 0.3) is 0 Å². The molecule has 0 bridgehead atoms. The highest BCUT2D eigenvalue weighted by Crippen LogP contribution is 2.35. The Balaban J connectivity index is 1.18. The van der Waals surface area contributed by atoms with Crippen molar-refractivity contribution in [3.8, 4) is 0 Å². The quantitative estimate of drug-likeness (QED) is 0.803. The second kappa shape index (κ2) is 7.16. The molecule has 27 heavy (non-hydrogen) atoms. The fourth-order valence-corrected chi connectivity index (χ4v) is 4.75. The zero-order valence-corrected chi connectivity index (χ0v) is 15.8. The van der Waals surface area contributed by atoms with Crippen LogP contribution in [-0.2, 0) is 11.3 Å². The van der Waals surface area contributed by atoms with Crippen LogP contribution in [0.1, 0.15) is 36.1 Å². The number of aromatic nitrogens is 4. The van der Waals surface area contributed by atoms with Crippen molar-refractivity contribution in [3.63, 3.8) is 0 Å². The Morgan fingerprint density at radius 1 is 1.07 bits per heavy atom. The van der Waals surface area contributed by atoms with E-state index in [1.807, 2.05) is 6.20 Å². The fourth-order valence-electron chi connectivity index (χ4n) is 4.75. The van der Waals surface area contributed by atoms with E-state index in [1.165, 1.54) is 0 Å². The van der Waals surface area contributed by atoms with Crippen molar-refractivity contribution in [2.45, 2.75) is 32.2 Å². The SMILES string of the molecule is Cc1cncnc1N1CC2CN(Cc3nnc(C4CCOCC4)o3)CC2C1. The molecular weight excluding hydrogens is 344 g/mol. The lowest BCUT2D eigenvalue weighted by atomic mass is 10.0. The summed E-state index contributed by atoms with van der Waals surface area (Å²) in [4.78, 5) is 13.5. The summed E-state index contributed by atoms with van der Waals surface area (Å²) >= 11 is 0. The van der Waals surface area contributed by atoms with Crippen molar-refractivity contribution in [1.82, 2.24) is 25.1 Å². The van der Waals surface area contributed by atoms with E-state index in [1.54, 1.807) is 6.33 Å². The Morgan fingerprint density at radius 3 is 2.59 bits per heavy atom. The zero-order chi connectivity index (χ0) is 18.2. The Kier molecular flexibility index (Phi) is 4.53. The van der Waals surface area contributed by atoms with Gasteiger partial charge in [0.2, 0.25) is 11.8 Å². The van der Waals surface area contributed by atoms with Gasteiger partial charge in [-0.05, 0) is 31.6 Å². The molecule has 2 atom stereocenters. The maximum Gasteiger partial charge on any atom is 0.230 e. The average Bonchev–Trinajstić information content (AvgIpc) is 3.38. The van der Waals surface area contributed by atoms with Crippen LogP contribution in [0, 0.1) is 18.8 Å². The second-order valence-electron chi connectivity index (χ2n) is 8.07. The zero-order valence-electron chi connectivity index (χ0n) is 15.8. The lowest BCUT2D eigenvalue weighted by molar-refractivity contribution is 0.0788. The smallest absolute Gasteiger partial charge is 0.230 e. The number of aryl methyl sites for hydroxylation is 1. The van der Waals surface area contributed by atoms with Gasteiger partial charge in [0.05, 0.1) is 6.54 Å². The van der Waals surface area contributed by atoms with Crippen LogP contribution in [0.2, 0.25) is 0 Å². The summed E-state index contributed by atoms with van der Waals surface area (Å²) in [7, 11) is 0. The first-order valence-corrected chi connectivity index (χ1v) is 9.90. The Hall–Kier alpha value is -2.06. The standard InChI is InChI=1S/C19H26N6O2/c1-13-6-20-12-21-18(13)25-9-15-7-24(8-16(15)10-25)11-17-22-23-19(27-17)14-2-4-26-5-3-14/h6,12,14-16H,2-5,7-11H2,1H3. The van der Waals surface area contributed by atoms with Crippen molar-refractivity contribution in [3.05, 3.63) is 29.9 Å². The Labute approximate surface area is 158 Å². The molecule has 5 rings (SSSR count). The van der Waals surface area contributed by atoms with Crippen LogP contribution in [0.4, 0.5) is 5.82 Å². The maximum absolute atomic E-state index is 5.97. The maximum atomic E-state index is 5.97. The number of nitrogens with zero attached hydrogens (tertiary/aromatic N) is 6. The van der Waals surface area contributed by atoms with E-state index in [4.69, 9.17) is 9.15 Å². The monoisotopic (exact) mass is 370 g/mol. The van der Waals surface area contributed by atoms with E-state index in [-0.39, 0.29) is 0 Å². The summed E-state index contributed by atoms with van der Waals surface area (Å²) in [6.45, 7) is 8.73. The van der Waals surface area contributed by atoms with Crippen molar-refractivity contribution in [1.29, 1.82) is 0 Å². The number of fused-ring (bicyclic) bond motifs is 1. The minimum Gasteiger partial charge on any atom is -0.424 e. The van der Waals surface area contributed by atoms with Gasteiger partial charge in [-0.25, -0.2) is 9.97 Å². The molecular formula is C19H26N6O2. The number of likely N-dealkylation sites (tertiary alicyclic amines) is 1. The molecule has 8 nitrogen and oxygen atoms in total. The molecule has 3 aliphatic heterocycles. The molecule has 0 N–H and O–H groups in total. The molecule has 3 aliphatic rings. The summed E-state index contributed by atoms with van der Waals surface area (Å²) in [6, 6.07) is 0. The van der Waals surface area contributed by atoms with Crippen LogP contribution in [0.5, 0.6) is 0 Å². The molecule has 5 heterocycles. The van der Waals surface area contributed by atoms with Gasteiger partial charge < -0.3 is 14.1 Å². The minimum absolute atomic E-state index is 0.364. The lowest BCUT2D eigenvalue weighted by Gasteiger charge is -2.22. The van der Waals surface area contributed by atoms with Gasteiger partial charge in [0.1, 0.15) is 12.1 Å². The highest BCUT2D eigenvalue weighted by molar-refractivity contribution is 5.46. The molecule has 2 aromatic rings. The summed E-state index contributed by atoms with van der Waals surface area (Å²) < 4.78 is 11.4. The van der Waals surface area contributed by atoms with Gasteiger partial charge in [0, 0.05) is 57.1 Å². The molecule has 0 amide bonds. The molecule has 144 valence electrons. The third kappa shape index (κ3) is 3.43. The second-order valence-corrected chi connectivity index (χ2v) is 8.07. The predicted octanol–water partition coefficient (Wildman–Crippen LogP) is 1.63. The van der Waals surface area contributed by atoms with Crippen LogP contribution >= 0.6 is 0 Å². The Bertz CT molecular complexity index is 776. The molecule has 8 heteroatoms. The molecule has 0 saturated carbocycles. The number of hydrogen-bond donors (Lipinski definition) is 0. The number of ether oxygens (including phenoxy) is 1. The molecule has 0 aromatic carbocycles. The van der Waals surface area contributed by atoms with Crippen LogP contribution in [0.3, 0.4) is 0 Å². The molecule has 3 fully saturated rings. The van der Waals surface area contributed by atoms with Gasteiger partial charge in [-0.1, -0.05) is 0 Å². The lowest BCUT2D eigenvalue weighted by Crippen LogP contribution is -2.29. The first-order valence-electron chi connectivity index (χ1n) is 9.90. The third-order valence-electron chi connectivity index (χ3n) is 6.14. The molecule has 3 saturated heterocycles. The van der Waals surface area contributed by atoms with Gasteiger partial charge in [-0.3, -0.25) is 4.90 Å². The Morgan fingerprint density at radius 2 is 1.85 bits per heavy atom. The summed E-state index contributed by atoms with van der Waals surface area (Å²) in [5.74, 6) is 4.35. The number of anilines is 1. The topological polar surface area (TPSA) is 80.4 Å². The van der Waals surface area contributed by atoms with E-state index >= 15 is 0 Å². The summed E-state index contributed by atoms with van der Waals surface area (Å²) in [6.07, 6.45) is 5.50. The molecule has 0 aliphatic carbocycles. The van der Waals surface area contributed by atoms with Gasteiger partial charge in [0.25, 0.3) is 0 Å².